The molecule has 2 aromatic carbocycles. The minimum Gasteiger partial charge on any atom is -0.370 e. The molecule has 1 heterocycles. The first-order valence-corrected chi connectivity index (χ1v) is 11.8. The Balaban J connectivity index is 1.93. The highest BCUT2D eigenvalue weighted by atomic mass is 32.2. The number of hydrogen-bond donors (Lipinski definition) is 2. The number of sulfonamides is 1. The number of aryl methyl sites for hydroxylation is 3. The van der Waals surface area contributed by atoms with Gasteiger partial charge in [0, 0.05) is 18.9 Å². The summed E-state index contributed by atoms with van der Waals surface area (Å²) in [7, 11) is -3.81. The molecule has 0 aliphatic carbocycles. The fraction of sp³-hybridized carbons (Fsp3) is 0.304. The number of para-hydroxylation sites is 1. The third kappa shape index (κ3) is 5.73. The molecular weight excluding hydrogens is 412 g/mol. The second-order valence-electron chi connectivity index (χ2n) is 7.54. The fourth-order valence-corrected chi connectivity index (χ4v) is 4.31. The lowest BCUT2D eigenvalue weighted by atomic mass is 10.1. The van der Waals surface area contributed by atoms with E-state index in [2.05, 4.69) is 16.7 Å². The second-order valence-corrected chi connectivity index (χ2v) is 9.22. The van der Waals surface area contributed by atoms with E-state index in [1.807, 2.05) is 43.3 Å². The van der Waals surface area contributed by atoms with Crippen molar-refractivity contribution in [2.45, 2.75) is 50.8 Å². The van der Waals surface area contributed by atoms with Crippen molar-refractivity contribution in [3.8, 4) is 5.69 Å². The monoisotopic (exact) mass is 440 g/mol. The largest absolute Gasteiger partial charge is 0.370 e. The predicted octanol–water partition coefficient (Wildman–Crippen LogP) is 3.74. The molecule has 0 radical (unpaired) electrons. The summed E-state index contributed by atoms with van der Waals surface area (Å²) in [5.74, 6) is -0.125. The minimum atomic E-state index is -3.81. The van der Waals surface area contributed by atoms with Crippen LogP contribution in [0.15, 0.2) is 59.5 Å². The van der Waals surface area contributed by atoms with Crippen molar-refractivity contribution in [1.82, 2.24) is 9.78 Å². The van der Waals surface area contributed by atoms with Crippen molar-refractivity contribution in [3.63, 3.8) is 0 Å². The molecule has 31 heavy (non-hydrogen) atoms. The van der Waals surface area contributed by atoms with Gasteiger partial charge in [-0.2, -0.15) is 5.10 Å². The van der Waals surface area contributed by atoms with Crippen LogP contribution in [0.25, 0.3) is 5.69 Å². The lowest BCUT2D eigenvalue weighted by Gasteiger charge is -2.12. The number of rotatable bonds is 10. The summed E-state index contributed by atoms with van der Waals surface area (Å²) < 4.78 is 30.3. The number of unbranched alkanes of at least 4 members (excludes halogenated alkanes) is 1. The van der Waals surface area contributed by atoms with E-state index in [4.69, 9.17) is 5.73 Å². The molecule has 0 bridgehead atoms. The number of primary amides is 1. The van der Waals surface area contributed by atoms with E-state index in [1.54, 1.807) is 22.9 Å². The van der Waals surface area contributed by atoms with Crippen LogP contribution in [-0.2, 0) is 27.7 Å². The average molecular weight is 441 g/mol. The van der Waals surface area contributed by atoms with Gasteiger partial charge < -0.3 is 5.73 Å². The lowest BCUT2D eigenvalue weighted by Crippen LogP contribution is -2.16. The Morgan fingerprint density at radius 2 is 1.81 bits per heavy atom. The molecule has 1 amide bonds. The molecule has 0 atom stereocenters. The molecule has 8 heteroatoms. The highest BCUT2D eigenvalue weighted by Gasteiger charge is 2.19. The molecule has 0 fully saturated rings. The third-order valence-corrected chi connectivity index (χ3v) is 6.39. The smallest absolute Gasteiger partial charge is 0.263 e. The lowest BCUT2D eigenvalue weighted by molar-refractivity contribution is -0.118. The first-order valence-electron chi connectivity index (χ1n) is 10.3. The number of nitrogens with zero attached hydrogens (tertiary/aromatic N) is 2. The molecule has 0 spiro atoms. The average Bonchev–Trinajstić information content (AvgIpc) is 3.13. The predicted molar refractivity (Wildman–Crippen MR) is 122 cm³/mol. The van der Waals surface area contributed by atoms with Crippen molar-refractivity contribution in [1.29, 1.82) is 0 Å². The van der Waals surface area contributed by atoms with Gasteiger partial charge in [0.25, 0.3) is 10.0 Å². The highest BCUT2D eigenvalue weighted by Crippen LogP contribution is 2.24. The van der Waals surface area contributed by atoms with Crippen molar-refractivity contribution in [3.05, 3.63) is 71.4 Å². The molecule has 0 unspecified atom stereocenters. The molecule has 164 valence electrons. The summed E-state index contributed by atoms with van der Waals surface area (Å²) >= 11 is 0. The summed E-state index contributed by atoms with van der Waals surface area (Å²) in [4.78, 5) is 11.4. The number of anilines is 1. The van der Waals surface area contributed by atoms with Crippen molar-refractivity contribution < 1.29 is 13.2 Å². The maximum Gasteiger partial charge on any atom is 0.263 e. The Labute approximate surface area is 183 Å². The minimum absolute atomic E-state index is 0.135. The Morgan fingerprint density at radius 3 is 2.45 bits per heavy atom. The molecule has 3 rings (SSSR count). The Bertz CT molecular complexity index is 1150. The number of nitrogens with two attached hydrogens (primary N) is 1. The number of amides is 1. The van der Waals surface area contributed by atoms with E-state index in [1.165, 1.54) is 0 Å². The number of benzene rings is 2. The van der Waals surface area contributed by atoms with Crippen LogP contribution in [0, 0.1) is 6.92 Å². The number of carbonyl (C=O) groups excluding carboxylic acids is 1. The van der Waals surface area contributed by atoms with Gasteiger partial charge in [0.15, 0.2) is 0 Å². The Hall–Kier alpha value is -3.13. The van der Waals surface area contributed by atoms with Gasteiger partial charge in [-0.25, -0.2) is 13.1 Å². The molecule has 7 nitrogen and oxygen atoms in total. The fourth-order valence-electron chi connectivity index (χ4n) is 3.27. The van der Waals surface area contributed by atoms with Gasteiger partial charge in [-0.3, -0.25) is 9.52 Å². The highest BCUT2D eigenvalue weighted by molar-refractivity contribution is 7.92. The van der Waals surface area contributed by atoms with E-state index < -0.39 is 15.9 Å². The third-order valence-electron chi connectivity index (χ3n) is 5.02. The maximum absolute atomic E-state index is 13.0. The number of aromatic nitrogens is 2. The topological polar surface area (TPSA) is 107 Å². The van der Waals surface area contributed by atoms with Crippen molar-refractivity contribution >= 4 is 21.7 Å². The molecule has 3 N–H and O–H groups in total. The first kappa shape index (κ1) is 22.6. The van der Waals surface area contributed by atoms with Crippen LogP contribution in [0.1, 0.15) is 43.0 Å². The van der Waals surface area contributed by atoms with Gasteiger partial charge >= 0.3 is 0 Å². The number of hydrogen-bond acceptors (Lipinski definition) is 4. The van der Waals surface area contributed by atoms with Crippen molar-refractivity contribution in [2.24, 2.45) is 5.73 Å². The molecule has 0 aliphatic rings. The van der Waals surface area contributed by atoms with Crippen LogP contribution < -0.4 is 10.5 Å². The van der Waals surface area contributed by atoms with Gasteiger partial charge in [0.1, 0.15) is 5.82 Å². The molecule has 0 aliphatic heterocycles. The standard InChI is InChI=1S/C23H28N4O3S/c1-3-4-8-18-10-13-20(14-11-18)31(29,30)26-23-16-19(12-15-22(24)28)25-27(23)21-9-6-5-7-17(21)2/h5-7,9-11,13-14,16,26H,3-4,8,12,15H2,1-2H3,(H2,24,28). The van der Waals surface area contributed by atoms with Gasteiger partial charge in [0.2, 0.25) is 5.91 Å². The summed E-state index contributed by atoms with van der Waals surface area (Å²) in [5, 5.41) is 4.52. The van der Waals surface area contributed by atoms with E-state index in [0.29, 0.717) is 17.9 Å². The summed E-state index contributed by atoms with van der Waals surface area (Å²) in [6.45, 7) is 4.05. The Morgan fingerprint density at radius 1 is 1.10 bits per heavy atom. The summed E-state index contributed by atoms with van der Waals surface area (Å²) in [5.41, 5.74) is 8.63. The van der Waals surface area contributed by atoms with Crippen LogP contribution in [0.3, 0.4) is 0 Å². The van der Waals surface area contributed by atoms with E-state index in [-0.39, 0.29) is 11.3 Å². The van der Waals surface area contributed by atoms with Crippen LogP contribution in [-0.4, -0.2) is 24.1 Å². The van der Waals surface area contributed by atoms with Gasteiger partial charge in [-0.1, -0.05) is 43.7 Å². The number of carbonyl (C=O) groups is 1. The van der Waals surface area contributed by atoms with E-state index >= 15 is 0 Å². The second kappa shape index (κ2) is 9.78. The SMILES string of the molecule is CCCCc1ccc(S(=O)(=O)Nc2cc(CCC(N)=O)nn2-c2ccccc2C)cc1. The zero-order valence-electron chi connectivity index (χ0n) is 17.8. The molecule has 0 saturated carbocycles. The normalized spacial score (nSPS) is 11.4. The van der Waals surface area contributed by atoms with Crippen LogP contribution >= 0.6 is 0 Å². The maximum atomic E-state index is 13.0. The van der Waals surface area contributed by atoms with E-state index in [9.17, 15) is 13.2 Å². The van der Waals surface area contributed by atoms with E-state index in [0.717, 1.165) is 36.1 Å². The van der Waals surface area contributed by atoms with Crippen LogP contribution in [0.4, 0.5) is 5.82 Å². The molecule has 0 saturated heterocycles. The van der Waals surface area contributed by atoms with Crippen LogP contribution in [0.2, 0.25) is 0 Å². The van der Waals surface area contributed by atoms with Gasteiger partial charge in [-0.15, -0.1) is 0 Å². The molecule has 3 aromatic rings. The zero-order chi connectivity index (χ0) is 22.4. The first-order chi connectivity index (χ1) is 14.8. The quantitative estimate of drug-likeness (QED) is 0.501. The number of nitrogens with one attached hydrogen (secondary N) is 1. The zero-order valence-corrected chi connectivity index (χ0v) is 18.7. The summed E-state index contributed by atoms with van der Waals surface area (Å²) in [6.07, 6.45) is 3.54. The Kier molecular flexibility index (Phi) is 7.12. The summed E-state index contributed by atoms with van der Waals surface area (Å²) in [6, 6.07) is 16.1. The van der Waals surface area contributed by atoms with Gasteiger partial charge in [-0.05, 0) is 49.1 Å². The molecular formula is C23H28N4O3S. The van der Waals surface area contributed by atoms with Crippen molar-refractivity contribution in [2.75, 3.05) is 4.72 Å². The van der Waals surface area contributed by atoms with Gasteiger partial charge in [0.05, 0.1) is 16.3 Å². The van der Waals surface area contributed by atoms with Crippen LogP contribution in [0.5, 0.6) is 0 Å². The molecule has 1 aromatic heterocycles.